The monoisotopic (exact) mass is 246 g/mol. The van der Waals surface area contributed by atoms with Crippen LogP contribution in [-0.4, -0.2) is 13.0 Å². The third-order valence-corrected chi connectivity index (χ3v) is 2.95. The van der Waals surface area contributed by atoms with E-state index in [9.17, 15) is 4.79 Å². The fourth-order valence-electron chi connectivity index (χ4n) is 1.46. The summed E-state index contributed by atoms with van der Waals surface area (Å²) in [4.78, 5) is 12.0. The lowest BCUT2D eigenvalue weighted by Crippen LogP contribution is -2.31. The van der Waals surface area contributed by atoms with Gasteiger partial charge in [-0.25, -0.2) is 0 Å². The number of ether oxygens (including phenoxy) is 1. The summed E-state index contributed by atoms with van der Waals surface area (Å²) in [7, 11) is 1.62. The molecule has 1 atom stereocenters. The highest BCUT2D eigenvalue weighted by Gasteiger charge is 2.31. The number of anilines is 1. The van der Waals surface area contributed by atoms with Gasteiger partial charge in [0.2, 0.25) is 5.91 Å². The van der Waals surface area contributed by atoms with Crippen molar-refractivity contribution in [3.63, 3.8) is 0 Å². The average molecular weight is 246 g/mol. The van der Waals surface area contributed by atoms with E-state index in [4.69, 9.17) is 10.00 Å². The lowest BCUT2D eigenvalue weighted by molar-refractivity contribution is -0.122. The van der Waals surface area contributed by atoms with E-state index in [1.807, 2.05) is 25.1 Å². The molecule has 0 aliphatic rings. The minimum absolute atomic E-state index is 0.276. The molecule has 0 fully saturated rings. The van der Waals surface area contributed by atoms with Gasteiger partial charge in [-0.05, 0) is 31.0 Å². The van der Waals surface area contributed by atoms with Gasteiger partial charge in [-0.2, -0.15) is 5.26 Å². The van der Waals surface area contributed by atoms with Gasteiger partial charge in [-0.15, -0.1) is 0 Å². The first-order valence-corrected chi connectivity index (χ1v) is 5.86. The summed E-state index contributed by atoms with van der Waals surface area (Å²) in [6.45, 7) is 3.96. The standard InChI is InChI=1S/C14H18N2O2/c1-4-14(2,10-15)13(17)16-12-7-5-6-11(8-12)9-18-3/h5-8H,4,9H2,1-3H3,(H,16,17). The van der Waals surface area contributed by atoms with Gasteiger partial charge in [-0.3, -0.25) is 4.79 Å². The molecule has 4 heteroatoms. The first kappa shape index (κ1) is 14.2. The van der Waals surface area contributed by atoms with Crippen LogP contribution in [0.5, 0.6) is 0 Å². The van der Waals surface area contributed by atoms with Crippen LogP contribution in [0.2, 0.25) is 0 Å². The normalized spacial score (nSPS) is 13.4. The third kappa shape index (κ3) is 3.31. The number of hydrogen-bond donors (Lipinski definition) is 1. The highest BCUT2D eigenvalue weighted by atomic mass is 16.5. The molecule has 0 aliphatic heterocycles. The molecule has 0 spiro atoms. The zero-order valence-electron chi connectivity index (χ0n) is 11.0. The summed E-state index contributed by atoms with van der Waals surface area (Å²) in [6, 6.07) is 9.46. The topological polar surface area (TPSA) is 62.1 Å². The molecule has 4 nitrogen and oxygen atoms in total. The van der Waals surface area contributed by atoms with Gasteiger partial charge in [0.05, 0.1) is 12.7 Å². The van der Waals surface area contributed by atoms with Gasteiger partial charge in [0.15, 0.2) is 0 Å². The quantitative estimate of drug-likeness (QED) is 0.868. The molecule has 0 aromatic heterocycles. The van der Waals surface area contributed by atoms with E-state index in [0.29, 0.717) is 18.7 Å². The molecule has 1 N–H and O–H groups in total. The molecule has 1 amide bonds. The van der Waals surface area contributed by atoms with Crippen molar-refractivity contribution in [2.24, 2.45) is 5.41 Å². The second kappa shape index (κ2) is 6.18. The van der Waals surface area contributed by atoms with E-state index in [1.165, 1.54) is 0 Å². The summed E-state index contributed by atoms with van der Waals surface area (Å²) >= 11 is 0. The lowest BCUT2D eigenvalue weighted by atomic mass is 9.88. The zero-order valence-corrected chi connectivity index (χ0v) is 11.0. The van der Waals surface area contributed by atoms with Crippen molar-refractivity contribution in [2.45, 2.75) is 26.9 Å². The Kier molecular flexibility index (Phi) is 4.87. The molecule has 0 saturated carbocycles. The SMILES string of the molecule is CCC(C)(C#N)C(=O)Nc1cccc(COC)c1. The Bertz CT molecular complexity index is 465. The first-order chi connectivity index (χ1) is 8.55. The van der Waals surface area contributed by atoms with Crippen LogP contribution in [0.3, 0.4) is 0 Å². The van der Waals surface area contributed by atoms with Gasteiger partial charge in [0.1, 0.15) is 5.41 Å². The predicted octanol–water partition coefficient (Wildman–Crippen LogP) is 2.71. The molecule has 96 valence electrons. The van der Waals surface area contributed by atoms with Crippen LogP contribution in [0.4, 0.5) is 5.69 Å². The maximum absolute atomic E-state index is 12.0. The van der Waals surface area contributed by atoms with Crippen LogP contribution in [0.25, 0.3) is 0 Å². The van der Waals surface area contributed by atoms with Crippen molar-refractivity contribution < 1.29 is 9.53 Å². The van der Waals surface area contributed by atoms with Crippen LogP contribution in [0.1, 0.15) is 25.8 Å². The van der Waals surface area contributed by atoms with Gasteiger partial charge in [0.25, 0.3) is 0 Å². The van der Waals surface area contributed by atoms with Crippen molar-refractivity contribution >= 4 is 11.6 Å². The molecule has 0 bridgehead atoms. The molecule has 18 heavy (non-hydrogen) atoms. The van der Waals surface area contributed by atoms with E-state index in [2.05, 4.69) is 11.4 Å². The second-order valence-electron chi connectivity index (χ2n) is 4.38. The highest BCUT2D eigenvalue weighted by molar-refractivity contribution is 5.96. The van der Waals surface area contributed by atoms with Gasteiger partial charge >= 0.3 is 0 Å². The van der Waals surface area contributed by atoms with Crippen molar-refractivity contribution in [3.8, 4) is 6.07 Å². The number of rotatable bonds is 5. The minimum Gasteiger partial charge on any atom is -0.380 e. The number of nitriles is 1. The van der Waals surface area contributed by atoms with Crippen LogP contribution in [0, 0.1) is 16.7 Å². The number of carbonyl (C=O) groups is 1. The third-order valence-electron chi connectivity index (χ3n) is 2.95. The smallest absolute Gasteiger partial charge is 0.244 e. The zero-order chi connectivity index (χ0) is 13.6. The van der Waals surface area contributed by atoms with Crippen LogP contribution < -0.4 is 5.32 Å². The van der Waals surface area contributed by atoms with Crippen LogP contribution in [-0.2, 0) is 16.1 Å². The number of hydrogen-bond acceptors (Lipinski definition) is 3. The predicted molar refractivity (Wildman–Crippen MR) is 69.8 cm³/mol. The number of amides is 1. The van der Waals surface area contributed by atoms with Crippen molar-refractivity contribution in [2.75, 3.05) is 12.4 Å². The Morgan fingerprint density at radius 3 is 2.83 bits per heavy atom. The fraction of sp³-hybridized carbons (Fsp3) is 0.429. The molecule has 1 rings (SSSR count). The molecule has 1 unspecified atom stereocenters. The molecule has 1 aromatic carbocycles. The summed E-state index contributed by atoms with van der Waals surface area (Å²) < 4.78 is 5.03. The van der Waals surface area contributed by atoms with Crippen LogP contribution in [0.15, 0.2) is 24.3 Å². The number of nitrogens with zero attached hydrogens (tertiary/aromatic N) is 1. The maximum atomic E-state index is 12.0. The van der Waals surface area contributed by atoms with Gasteiger partial charge < -0.3 is 10.1 Å². The van der Waals surface area contributed by atoms with Gasteiger partial charge in [-0.1, -0.05) is 19.1 Å². The molecule has 0 heterocycles. The first-order valence-electron chi connectivity index (χ1n) is 5.86. The number of benzene rings is 1. The van der Waals surface area contributed by atoms with E-state index >= 15 is 0 Å². The van der Waals surface area contributed by atoms with E-state index < -0.39 is 5.41 Å². The second-order valence-corrected chi connectivity index (χ2v) is 4.38. The van der Waals surface area contributed by atoms with Crippen LogP contribution >= 0.6 is 0 Å². The molecule has 1 aromatic rings. The Morgan fingerprint density at radius 2 is 2.28 bits per heavy atom. The highest BCUT2D eigenvalue weighted by Crippen LogP contribution is 2.22. The Labute approximate surface area is 108 Å². The molecule has 0 aliphatic carbocycles. The fourth-order valence-corrected chi connectivity index (χ4v) is 1.46. The average Bonchev–Trinajstić information content (AvgIpc) is 2.38. The number of methoxy groups -OCH3 is 1. The van der Waals surface area contributed by atoms with E-state index in [1.54, 1.807) is 20.1 Å². The molecule has 0 saturated heterocycles. The summed E-state index contributed by atoms with van der Waals surface area (Å²) in [5.74, 6) is -0.276. The van der Waals surface area contributed by atoms with Crippen molar-refractivity contribution in [1.82, 2.24) is 0 Å². The Morgan fingerprint density at radius 1 is 1.56 bits per heavy atom. The molecular weight excluding hydrogens is 228 g/mol. The summed E-state index contributed by atoms with van der Waals surface area (Å²) in [5.41, 5.74) is 0.673. The van der Waals surface area contributed by atoms with Gasteiger partial charge in [0, 0.05) is 12.8 Å². The Balaban J connectivity index is 2.82. The number of carbonyl (C=O) groups excluding carboxylic acids is 1. The maximum Gasteiger partial charge on any atom is 0.244 e. The van der Waals surface area contributed by atoms with E-state index in [-0.39, 0.29) is 5.91 Å². The largest absolute Gasteiger partial charge is 0.380 e. The minimum atomic E-state index is -0.989. The Hall–Kier alpha value is -1.86. The van der Waals surface area contributed by atoms with Crippen molar-refractivity contribution in [1.29, 1.82) is 5.26 Å². The van der Waals surface area contributed by atoms with E-state index in [0.717, 1.165) is 5.56 Å². The summed E-state index contributed by atoms with van der Waals surface area (Å²) in [5, 5.41) is 11.8. The number of nitrogens with one attached hydrogen (secondary N) is 1. The molecule has 0 radical (unpaired) electrons. The molecular formula is C14H18N2O2. The lowest BCUT2D eigenvalue weighted by Gasteiger charge is -2.18. The van der Waals surface area contributed by atoms with Crippen molar-refractivity contribution in [3.05, 3.63) is 29.8 Å². The summed E-state index contributed by atoms with van der Waals surface area (Å²) in [6.07, 6.45) is 0.479.